The van der Waals surface area contributed by atoms with Gasteiger partial charge in [0.1, 0.15) is 5.75 Å². The Morgan fingerprint density at radius 1 is 1.22 bits per heavy atom. The zero-order valence-corrected chi connectivity index (χ0v) is 17.4. The molecule has 1 aliphatic rings. The summed E-state index contributed by atoms with van der Waals surface area (Å²) in [6.07, 6.45) is 1.22. The van der Waals surface area contributed by atoms with Crippen molar-refractivity contribution in [2.75, 3.05) is 19.8 Å². The van der Waals surface area contributed by atoms with Gasteiger partial charge in [0.2, 0.25) is 0 Å². The molecule has 0 aromatic heterocycles. The average molecular weight is 432 g/mol. The van der Waals surface area contributed by atoms with Gasteiger partial charge >= 0.3 is 0 Å². The molecule has 27 heavy (non-hydrogen) atoms. The van der Waals surface area contributed by atoms with E-state index in [1.807, 2.05) is 43.3 Å². The predicted molar refractivity (Wildman–Crippen MR) is 110 cm³/mol. The summed E-state index contributed by atoms with van der Waals surface area (Å²) < 4.78 is 12.4. The topological polar surface area (TPSA) is 47.6 Å². The Labute approximate surface area is 169 Å². The Bertz CT molecular complexity index is 769. The van der Waals surface area contributed by atoms with Crippen LogP contribution in [0.2, 0.25) is 0 Å². The normalized spacial score (nSPS) is 17.1. The van der Waals surface area contributed by atoms with Gasteiger partial charge < -0.3 is 14.8 Å². The van der Waals surface area contributed by atoms with E-state index in [-0.39, 0.29) is 11.3 Å². The molecule has 4 nitrogen and oxygen atoms in total. The molecule has 1 fully saturated rings. The number of halogens is 1. The summed E-state index contributed by atoms with van der Waals surface area (Å²) in [4.78, 5) is 12.6. The van der Waals surface area contributed by atoms with Gasteiger partial charge in [0.15, 0.2) is 6.10 Å². The Kier molecular flexibility index (Phi) is 6.55. The van der Waals surface area contributed by atoms with Crippen molar-refractivity contribution in [1.82, 2.24) is 5.32 Å². The van der Waals surface area contributed by atoms with Crippen LogP contribution in [0.5, 0.6) is 5.75 Å². The molecule has 1 aliphatic heterocycles. The number of carbonyl (C=O) groups is 1. The van der Waals surface area contributed by atoms with Crippen LogP contribution in [-0.4, -0.2) is 31.8 Å². The number of ether oxygens (including phenoxy) is 2. The first-order chi connectivity index (χ1) is 13.0. The van der Waals surface area contributed by atoms with Crippen molar-refractivity contribution in [1.29, 1.82) is 0 Å². The predicted octanol–water partition coefficient (Wildman–Crippen LogP) is 4.39. The summed E-state index contributed by atoms with van der Waals surface area (Å²) in [6.45, 7) is 5.79. The number of hydrogen-bond donors (Lipinski definition) is 1. The highest BCUT2D eigenvalue weighted by Crippen LogP contribution is 2.35. The Balaban J connectivity index is 1.66. The van der Waals surface area contributed by atoms with E-state index in [0.29, 0.717) is 25.5 Å². The van der Waals surface area contributed by atoms with Gasteiger partial charge in [0.05, 0.1) is 0 Å². The number of hydrogen-bond acceptors (Lipinski definition) is 3. The molecule has 0 saturated carbocycles. The lowest BCUT2D eigenvalue weighted by Crippen LogP contribution is -2.47. The molecule has 1 saturated heterocycles. The molecule has 1 amide bonds. The van der Waals surface area contributed by atoms with Crippen molar-refractivity contribution in [2.24, 2.45) is 0 Å². The maximum absolute atomic E-state index is 12.6. The van der Waals surface area contributed by atoms with E-state index >= 15 is 0 Å². The molecule has 5 heteroatoms. The molecule has 0 radical (unpaired) electrons. The number of aryl methyl sites for hydroxylation is 1. The van der Waals surface area contributed by atoms with Crippen LogP contribution >= 0.6 is 15.9 Å². The third-order valence-corrected chi connectivity index (χ3v) is 5.68. The monoisotopic (exact) mass is 431 g/mol. The van der Waals surface area contributed by atoms with Crippen molar-refractivity contribution >= 4 is 21.8 Å². The van der Waals surface area contributed by atoms with Crippen LogP contribution in [0.25, 0.3) is 0 Å². The first kappa shape index (κ1) is 19.9. The molecule has 1 N–H and O–H groups in total. The van der Waals surface area contributed by atoms with Crippen molar-refractivity contribution in [2.45, 2.75) is 38.2 Å². The van der Waals surface area contributed by atoms with Crippen LogP contribution in [0, 0.1) is 6.92 Å². The lowest BCUT2D eigenvalue weighted by atomic mass is 9.74. The summed E-state index contributed by atoms with van der Waals surface area (Å²) >= 11 is 3.56. The van der Waals surface area contributed by atoms with Crippen LogP contribution in [0.4, 0.5) is 0 Å². The molecule has 1 atom stereocenters. The highest BCUT2D eigenvalue weighted by molar-refractivity contribution is 9.10. The second kappa shape index (κ2) is 8.89. The minimum absolute atomic E-state index is 0.101. The molecule has 1 unspecified atom stereocenters. The molecular weight excluding hydrogens is 406 g/mol. The number of nitrogens with one attached hydrogen (secondary N) is 1. The van der Waals surface area contributed by atoms with Crippen LogP contribution in [-0.2, 0) is 14.9 Å². The Morgan fingerprint density at radius 2 is 1.93 bits per heavy atom. The molecule has 1 heterocycles. The minimum Gasteiger partial charge on any atom is -0.481 e. The molecule has 2 aromatic carbocycles. The van der Waals surface area contributed by atoms with Crippen LogP contribution < -0.4 is 10.1 Å². The molecular formula is C22H26BrNO3. The highest BCUT2D eigenvalue weighted by atomic mass is 79.9. The third kappa shape index (κ3) is 5.11. The van der Waals surface area contributed by atoms with E-state index in [2.05, 4.69) is 33.4 Å². The fraction of sp³-hybridized carbons (Fsp3) is 0.409. The summed E-state index contributed by atoms with van der Waals surface area (Å²) in [7, 11) is 0. The quantitative estimate of drug-likeness (QED) is 0.737. The van der Waals surface area contributed by atoms with Crippen molar-refractivity contribution in [3.63, 3.8) is 0 Å². The molecule has 144 valence electrons. The molecule has 3 rings (SSSR count). The molecule has 0 bridgehead atoms. The van der Waals surface area contributed by atoms with Gasteiger partial charge in [0.25, 0.3) is 5.91 Å². The summed E-state index contributed by atoms with van der Waals surface area (Å²) in [5.74, 6) is 0.604. The maximum Gasteiger partial charge on any atom is 0.260 e. The summed E-state index contributed by atoms with van der Waals surface area (Å²) in [5, 5.41) is 3.11. The largest absolute Gasteiger partial charge is 0.481 e. The first-order valence-electron chi connectivity index (χ1n) is 9.33. The fourth-order valence-corrected chi connectivity index (χ4v) is 3.82. The van der Waals surface area contributed by atoms with Crippen molar-refractivity contribution < 1.29 is 14.3 Å². The average Bonchev–Trinajstić information content (AvgIpc) is 2.68. The molecule has 0 spiro atoms. The minimum atomic E-state index is -0.549. The van der Waals surface area contributed by atoms with Gasteiger partial charge in [-0.15, -0.1) is 0 Å². The number of amides is 1. The first-order valence-corrected chi connectivity index (χ1v) is 10.1. The van der Waals surface area contributed by atoms with E-state index in [1.54, 1.807) is 6.92 Å². The summed E-state index contributed by atoms with van der Waals surface area (Å²) in [6, 6.07) is 16.1. The van der Waals surface area contributed by atoms with E-state index < -0.39 is 6.10 Å². The van der Waals surface area contributed by atoms with Gasteiger partial charge in [0, 0.05) is 29.6 Å². The van der Waals surface area contributed by atoms with Gasteiger partial charge in [-0.2, -0.15) is 0 Å². The van der Waals surface area contributed by atoms with Gasteiger partial charge in [-0.05, 0) is 56.5 Å². The van der Waals surface area contributed by atoms with Crippen LogP contribution in [0.15, 0.2) is 53.0 Å². The van der Waals surface area contributed by atoms with Gasteiger partial charge in [-0.25, -0.2) is 0 Å². The zero-order chi connectivity index (χ0) is 19.3. The lowest BCUT2D eigenvalue weighted by Gasteiger charge is -2.38. The standard InChI is InChI=1S/C22H26BrNO3/c1-16-6-8-20(9-7-16)27-17(2)21(25)24-15-22(10-12-26-13-11-22)18-4-3-5-19(23)14-18/h3-9,14,17H,10-13,15H2,1-2H3,(H,24,25). The number of benzene rings is 2. The second-order valence-corrected chi connectivity index (χ2v) is 8.11. The fourth-order valence-electron chi connectivity index (χ4n) is 3.42. The number of carbonyl (C=O) groups excluding carboxylic acids is 1. The molecule has 0 aliphatic carbocycles. The lowest BCUT2D eigenvalue weighted by molar-refractivity contribution is -0.127. The smallest absolute Gasteiger partial charge is 0.260 e. The van der Waals surface area contributed by atoms with E-state index in [1.165, 1.54) is 5.56 Å². The molecule has 2 aromatic rings. The van der Waals surface area contributed by atoms with Gasteiger partial charge in [-0.3, -0.25) is 4.79 Å². The Morgan fingerprint density at radius 3 is 2.59 bits per heavy atom. The zero-order valence-electron chi connectivity index (χ0n) is 15.8. The second-order valence-electron chi connectivity index (χ2n) is 7.19. The van der Waals surface area contributed by atoms with E-state index in [4.69, 9.17) is 9.47 Å². The van der Waals surface area contributed by atoms with Crippen LogP contribution in [0.1, 0.15) is 30.9 Å². The van der Waals surface area contributed by atoms with E-state index in [0.717, 1.165) is 22.9 Å². The van der Waals surface area contributed by atoms with E-state index in [9.17, 15) is 4.79 Å². The van der Waals surface area contributed by atoms with Crippen molar-refractivity contribution in [3.05, 3.63) is 64.1 Å². The summed E-state index contributed by atoms with van der Waals surface area (Å²) in [5.41, 5.74) is 2.28. The third-order valence-electron chi connectivity index (χ3n) is 5.19. The highest BCUT2D eigenvalue weighted by Gasteiger charge is 2.35. The van der Waals surface area contributed by atoms with Crippen molar-refractivity contribution in [3.8, 4) is 5.75 Å². The Hall–Kier alpha value is -1.85. The maximum atomic E-state index is 12.6. The SMILES string of the molecule is Cc1ccc(OC(C)C(=O)NCC2(c3cccc(Br)c3)CCOCC2)cc1. The van der Waals surface area contributed by atoms with Gasteiger partial charge in [-0.1, -0.05) is 45.8 Å². The van der Waals surface area contributed by atoms with Crippen LogP contribution in [0.3, 0.4) is 0 Å². The number of rotatable bonds is 6.